The van der Waals surface area contributed by atoms with Gasteiger partial charge in [0.1, 0.15) is 4.11 Å². The van der Waals surface area contributed by atoms with Gasteiger partial charge >= 0.3 is 5.97 Å². The summed E-state index contributed by atoms with van der Waals surface area (Å²) in [7, 11) is 1.92. The second-order valence-corrected chi connectivity index (χ2v) is 4.37. The number of hydrogen-bond donors (Lipinski definition) is 0. The third kappa shape index (κ3) is 2.22. The van der Waals surface area contributed by atoms with E-state index in [0.29, 0.717) is 0 Å². The van der Waals surface area contributed by atoms with Crippen LogP contribution in [-0.2, 0) is 14.1 Å². The standard InChI is InChI=1S/C4H6IO3PS/c5-2-1-10-4(7-2)3(6)8-9/h2,4H,1,9H2/t2-,4+/m0/s1. The zero-order valence-electron chi connectivity index (χ0n) is 4.95. The fourth-order valence-electron chi connectivity index (χ4n) is 0.555. The number of thioether (sulfide) groups is 1. The number of halogens is 1. The van der Waals surface area contributed by atoms with E-state index in [9.17, 15) is 4.79 Å². The highest BCUT2D eigenvalue weighted by molar-refractivity contribution is 14.1. The molecule has 0 N–H and O–H groups in total. The Bertz CT molecular complexity index is 144. The minimum Gasteiger partial charge on any atom is -0.449 e. The van der Waals surface area contributed by atoms with Crippen LogP contribution in [-0.4, -0.2) is 21.3 Å². The SMILES string of the molecule is O=C(OP)[C@@H]1O[C@H](I)CS1. The molecule has 0 bridgehead atoms. The van der Waals surface area contributed by atoms with E-state index >= 15 is 0 Å². The molecule has 0 aromatic rings. The monoisotopic (exact) mass is 292 g/mol. The normalized spacial score (nSPS) is 32.2. The summed E-state index contributed by atoms with van der Waals surface area (Å²) in [4.78, 5) is 10.8. The van der Waals surface area contributed by atoms with Crippen LogP contribution in [0.1, 0.15) is 0 Å². The van der Waals surface area contributed by atoms with Crippen molar-refractivity contribution in [2.45, 2.75) is 9.55 Å². The molecule has 0 aliphatic carbocycles. The molecule has 0 amide bonds. The van der Waals surface area contributed by atoms with Gasteiger partial charge in [0.15, 0.2) is 0 Å². The van der Waals surface area contributed by atoms with Crippen LogP contribution < -0.4 is 0 Å². The van der Waals surface area contributed by atoms with Gasteiger partial charge in [0.25, 0.3) is 0 Å². The predicted molar refractivity (Wildman–Crippen MR) is 50.9 cm³/mol. The second kappa shape index (κ2) is 4.09. The Kier molecular flexibility index (Phi) is 3.69. The van der Waals surface area contributed by atoms with Crippen molar-refractivity contribution in [3.63, 3.8) is 0 Å². The quantitative estimate of drug-likeness (QED) is 0.413. The van der Waals surface area contributed by atoms with Crippen LogP contribution in [0.5, 0.6) is 0 Å². The first-order valence-electron chi connectivity index (χ1n) is 2.55. The third-order valence-electron chi connectivity index (χ3n) is 0.958. The topological polar surface area (TPSA) is 35.5 Å². The van der Waals surface area contributed by atoms with Crippen LogP contribution in [0.3, 0.4) is 0 Å². The Morgan fingerprint density at radius 1 is 1.90 bits per heavy atom. The average Bonchev–Trinajstić information content (AvgIpc) is 2.34. The lowest BCUT2D eigenvalue weighted by Crippen LogP contribution is -2.17. The van der Waals surface area contributed by atoms with Crippen LogP contribution in [0.2, 0.25) is 0 Å². The van der Waals surface area contributed by atoms with Crippen LogP contribution in [0.25, 0.3) is 0 Å². The molecule has 1 rings (SSSR count). The first-order chi connectivity index (χ1) is 4.74. The van der Waals surface area contributed by atoms with E-state index in [1.165, 1.54) is 11.8 Å². The van der Waals surface area contributed by atoms with E-state index in [0.717, 1.165) is 5.75 Å². The molecule has 3 atom stereocenters. The molecular formula is C4H6IO3PS. The molecule has 6 heteroatoms. The maximum Gasteiger partial charge on any atom is 0.348 e. The summed E-state index contributed by atoms with van der Waals surface area (Å²) in [5, 5.41) is 0. The third-order valence-corrected chi connectivity index (χ3v) is 3.62. The summed E-state index contributed by atoms with van der Waals surface area (Å²) in [6.07, 6.45) is 0. The van der Waals surface area contributed by atoms with E-state index in [2.05, 4.69) is 27.1 Å². The van der Waals surface area contributed by atoms with E-state index in [-0.39, 0.29) is 10.1 Å². The number of rotatable bonds is 1. The van der Waals surface area contributed by atoms with Gasteiger partial charge in [-0.1, -0.05) is 22.6 Å². The van der Waals surface area contributed by atoms with Crippen molar-refractivity contribution in [1.82, 2.24) is 0 Å². The Hall–Kier alpha value is 0.940. The highest BCUT2D eigenvalue weighted by Crippen LogP contribution is 2.29. The fraction of sp³-hybridized carbons (Fsp3) is 0.750. The van der Waals surface area contributed by atoms with E-state index in [4.69, 9.17) is 4.74 Å². The fourth-order valence-corrected chi connectivity index (χ4v) is 2.70. The number of hydrogen-bond acceptors (Lipinski definition) is 4. The summed E-state index contributed by atoms with van der Waals surface area (Å²) in [6.45, 7) is 0. The molecule has 0 aromatic carbocycles. The predicted octanol–water partition coefficient (Wildman–Crippen LogP) is 1.17. The molecule has 3 nitrogen and oxygen atoms in total. The van der Waals surface area contributed by atoms with Crippen molar-refractivity contribution in [2.75, 3.05) is 5.75 Å². The highest BCUT2D eigenvalue weighted by atomic mass is 127. The Balaban J connectivity index is 2.37. The van der Waals surface area contributed by atoms with Crippen LogP contribution in [0.15, 0.2) is 0 Å². The molecule has 1 saturated heterocycles. The summed E-state index contributed by atoms with van der Waals surface area (Å²) in [5.74, 6) is 0.527. The molecule has 1 aliphatic heterocycles. The Morgan fingerprint density at radius 2 is 2.60 bits per heavy atom. The van der Waals surface area contributed by atoms with Crippen molar-refractivity contribution < 1.29 is 14.1 Å². The van der Waals surface area contributed by atoms with Crippen molar-refractivity contribution >= 4 is 49.8 Å². The molecule has 1 heterocycles. The molecule has 58 valence electrons. The molecular weight excluding hydrogens is 286 g/mol. The summed E-state index contributed by atoms with van der Waals surface area (Å²) >= 11 is 3.60. The largest absolute Gasteiger partial charge is 0.449 e. The molecule has 0 saturated carbocycles. The molecule has 10 heavy (non-hydrogen) atoms. The average molecular weight is 292 g/mol. The zero-order chi connectivity index (χ0) is 7.56. The summed E-state index contributed by atoms with van der Waals surface area (Å²) in [6, 6.07) is 0. The molecule has 0 spiro atoms. The number of ether oxygens (including phenoxy) is 1. The number of carbonyl (C=O) groups is 1. The maximum atomic E-state index is 10.8. The van der Waals surface area contributed by atoms with Crippen molar-refractivity contribution in [2.24, 2.45) is 0 Å². The van der Waals surface area contributed by atoms with Crippen LogP contribution in [0, 0.1) is 0 Å². The molecule has 0 radical (unpaired) electrons. The minimum atomic E-state index is -0.417. The minimum absolute atomic E-state index is 0.136. The van der Waals surface area contributed by atoms with Crippen LogP contribution in [0.4, 0.5) is 0 Å². The van der Waals surface area contributed by atoms with Gasteiger partial charge in [-0.05, 0) is 0 Å². The zero-order valence-corrected chi connectivity index (χ0v) is 9.08. The second-order valence-electron chi connectivity index (χ2n) is 1.65. The molecule has 1 aliphatic rings. The lowest BCUT2D eigenvalue weighted by Gasteiger charge is -2.04. The van der Waals surface area contributed by atoms with Gasteiger partial charge in [-0.25, -0.2) is 4.79 Å². The van der Waals surface area contributed by atoms with Gasteiger partial charge in [0.2, 0.25) is 5.44 Å². The van der Waals surface area contributed by atoms with Gasteiger partial charge in [-0.15, -0.1) is 11.8 Å². The van der Waals surface area contributed by atoms with E-state index < -0.39 is 5.44 Å². The Labute approximate surface area is 79.0 Å². The lowest BCUT2D eigenvalue weighted by molar-refractivity contribution is -0.139. The number of carbonyl (C=O) groups excluding carboxylic acids is 1. The van der Waals surface area contributed by atoms with Gasteiger partial charge in [-0.2, -0.15) is 0 Å². The summed E-state index contributed by atoms with van der Waals surface area (Å²) in [5.41, 5.74) is -0.417. The first kappa shape index (κ1) is 9.03. The molecule has 0 aromatic heterocycles. The maximum absolute atomic E-state index is 10.8. The highest BCUT2D eigenvalue weighted by Gasteiger charge is 2.30. The van der Waals surface area contributed by atoms with Gasteiger partial charge in [0, 0.05) is 5.75 Å². The number of alkyl halides is 1. The first-order valence-corrected chi connectivity index (χ1v) is 5.32. The summed E-state index contributed by atoms with van der Waals surface area (Å²) < 4.78 is 9.72. The van der Waals surface area contributed by atoms with Crippen molar-refractivity contribution in [3.05, 3.63) is 0 Å². The van der Waals surface area contributed by atoms with Gasteiger partial charge in [0.05, 0.1) is 9.47 Å². The van der Waals surface area contributed by atoms with E-state index in [1.807, 2.05) is 9.47 Å². The van der Waals surface area contributed by atoms with Gasteiger partial charge < -0.3 is 9.26 Å². The van der Waals surface area contributed by atoms with Crippen molar-refractivity contribution in [1.29, 1.82) is 0 Å². The molecule has 1 fully saturated rings. The Morgan fingerprint density at radius 3 is 3.00 bits per heavy atom. The van der Waals surface area contributed by atoms with Crippen LogP contribution >= 0.6 is 43.8 Å². The molecule has 1 unspecified atom stereocenters. The smallest absolute Gasteiger partial charge is 0.348 e. The van der Waals surface area contributed by atoms with Crippen molar-refractivity contribution in [3.8, 4) is 0 Å². The van der Waals surface area contributed by atoms with E-state index in [1.54, 1.807) is 0 Å². The van der Waals surface area contributed by atoms with Gasteiger partial charge in [-0.3, -0.25) is 0 Å². The lowest BCUT2D eigenvalue weighted by atomic mass is 10.7.